The highest BCUT2D eigenvalue weighted by atomic mass is 35.5. The highest BCUT2D eigenvalue weighted by molar-refractivity contribution is 6.32. The van der Waals surface area contributed by atoms with Crippen LogP contribution in [0.4, 0.5) is 4.39 Å². The maximum absolute atomic E-state index is 12.8. The Hall–Kier alpha value is -0.840. The first-order valence-electron chi connectivity index (χ1n) is 5.64. The summed E-state index contributed by atoms with van der Waals surface area (Å²) in [5.74, 6) is -0.0168. The van der Waals surface area contributed by atoms with Crippen molar-refractivity contribution in [3.05, 3.63) is 29.0 Å². The molecule has 1 unspecified atom stereocenters. The second kappa shape index (κ2) is 5.67. The molecule has 0 heterocycles. The van der Waals surface area contributed by atoms with Crippen LogP contribution in [0.1, 0.15) is 12.8 Å². The zero-order chi connectivity index (χ0) is 12.3. The molecule has 1 aromatic rings. The van der Waals surface area contributed by atoms with Crippen LogP contribution in [-0.2, 0) is 0 Å². The van der Waals surface area contributed by atoms with Gasteiger partial charge < -0.3 is 15.2 Å². The minimum Gasteiger partial charge on any atom is -0.489 e. The molecule has 1 atom stereocenters. The maximum atomic E-state index is 12.8. The fourth-order valence-corrected chi connectivity index (χ4v) is 1.65. The molecule has 0 bridgehead atoms. The van der Waals surface area contributed by atoms with Gasteiger partial charge in [0.05, 0.1) is 5.02 Å². The number of aliphatic hydroxyl groups excluding tert-OH is 1. The molecule has 94 valence electrons. The van der Waals surface area contributed by atoms with Crippen molar-refractivity contribution in [2.45, 2.75) is 25.0 Å². The lowest BCUT2D eigenvalue weighted by atomic mass is 10.3. The van der Waals surface area contributed by atoms with Gasteiger partial charge in [-0.2, -0.15) is 0 Å². The van der Waals surface area contributed by atoms with Crippen LogP contribution in [0.5, 0.6) is 5.75 Å². The van der Waals surface area contributed by atoms with Crippen LogP contribution in [0, 0.1) is 5.82 Å². The van der Waals surface area contributed by atoms with Crippen molar-refractivity contribution >= 4 is 11.6 Å². The van der Waals surface area contributed by atoms with E-state index in [9.17, 15) is 9.50 Å². The number of hydrogen-bond donors (Lipinski definition) is 2. The van der Waals surface area contributed by atoms with E-state index in [0.717, 1.165) is 0 Å². The number of hydrogen-bond acceptors (Lipinski definition) is 3. The summed E-state index contributed by atoms with van der Waals surface area (Å²) in [5, 5.41) is 13.0. The number of benzene rings is 1. The van der Waals surface area contributed by atoms with Gasteiger partial charge in [0.15, 0.2) is 0 Å². The summed E-state index contributed by atoms with van der Waals surface area (Å²) in [6, 6.07) is 4.47. The lowest BCUT2D eigenvalue weighted by Gasteiger charge is -2.13. The first kappa shape index (κ1) is 12.6. The molecule has 2 N–H and O–H groups in total. The summed E-state index contributed by atoms with van der Waals surface area (Å²) in [6.45, 7) is 0.647. The number of halogens is 2. The molecule has 1 saturated carbocycles. The van der Waals surface area contributed by atoms with Gasteiger partial charge in [-0.3, -0.25) is 0 Å². The van der Waals surface area contributed by atoms with Gasteiger partial charge in [0.2, 0.25) is 0 Å². The van der Waals surface area contributed by atoms with Crippen LogP contribution in [0.3, 0.4) is 0 Å². The van der Waals surface area contributed by atoms with Gasteiger partial charge in [-0.15, -0.1) is 0 Å². The lowest BCUT2D eigenvalue weighted by Crippen LogP contribution is -2.32. The predicted molar refractivity (Wildman–Crippen MR) is 63.9 cm³/mol. The molecule has 0 aromatic heterocycles. The number of nitrogens with one attached hydrogen (secondary N) is 1. The van der Waals surface area contributed by atoms with E-state index < -0.39 is 11.9 Å². The van der Waals surface area contributed by atoms with Gasteiger partial charge >= 0.3 is 0 Å². The van der Waals surface area contributed by atoms with E-state index >= 15 is 0 Å². The zero-order valence-electron chi connectivity index (χ0n) is 9.33. The molecule has 1 aliphatic rings. The third-order valence-electron chi connectivity index (χ3n) is 2.54. The van der Waals surface area contributed by atoms with Crippen LogP contribution in [0.2, 0.25) is 5.02 Å². The van der Waals surface area contributed by atoms with E-state index in [1.165, 1.54) is 31.0 Å². The number of aliphatic hydroxyl groups is 1. The molecule has 2 rings (SSSR count). The monoisotopic (exact) mass is 259 g/mol. The summed E-state index contributed by atoms with van der Waals surface area (Å²) in [7, 11) is 0. The summed E-state index contributed by atoms with van der Waals surface area (Å²) >= 11 is 5.79. The molecule has 3 nitrogen and oxygen atoms in total. The summed E-state index contributed by atoms with van der Waals surface area (Å²) in [4.78, 5) is 0. The van der Waals surface area contributed by atoms with Gasteiger partial charge in [0.25, 0.3) is 0 Å². The van der Waals surface area contributed by atoms with Crippen LogP contribution in [-0.4, -0.2) is 30.4 Å². The minimum atomic E-state index is -0.586. The van der Waals surface area contributed by atoms with Crippen LogP contribution in [0.25, 0.3) is 0 Å². The van der Waals surface area contributed by atoms with Crippen molar-refractivity contribution in [2.24, 2.45) is 0 Å². The molecular formula is C12H15ClFNO2. The molecular weight excluding hydrogens is 245 g/mol. The van der Waals surface area contributed by atoms with Crippen LogP contribution < -0.4 is 10.1 Å². The highest BCUT2D eigenvalue weighted by Gasteiger charge is 2.21. The number of ether oxygens (including phenoxy) is 1. The van der Waals surface area contributed by atoms with E-state index in [0.29, 0.717) is 18.3 Å². The molecule has 1 aromatic carbocycles. The third kappa shape index (κ3) is 4.15. The molecule has 1 fully saturated rings. The molecule has 0 saturated heterocycles. The molecule has 0 amide bonds. The standard InChI is InChI=1S/C12H15ClFNO2/c13-11-5-8(14)1-4-12(11)17-7-10(16)6-15-9-2-3-9/h1,4-5,9-10,15-16H,2-3,6-7H2. The highest BCUT2D eigenvalue weighted by Crippen LogP contribution is 2.25. The average molecular weight is 260 g/mol. The van der Waals surface area contributed by atoms with Crippen molar-refractivity contribution in [2.75, 3.05) is 13.2 Å². The minimum absolute atomic E-state index is 0.144. The normalized spacial score (nSPS) is 16.9. The smallest absolute Gasteiger partial charge is 0.138 e. The molecule has 0 spiro atoms. The van der Waals surface area contributed by atoms with Gasteiger partial charge in [-0.1, -0.05) is 11.6 Å². The Morgan fingerprint density at radius 1 is 1.53 bits per heavy atom. The lowest BCUT2D eigenvalue weighted by molar-refractivity contribution is 0.106. The van der Waals surface area contributed by atoms with Gasteiger partial charge in [0.1, 0.15) is 24.3 Å². The number of rotatable bonds is 6. The van der Waals surface area contributed by atoms with E-state index in [1.54, 1.807) is 0 Å². The van der Waals surface area contributed by atoms with Gasteiger partial charge in [0, 0.05) is 12.6 Å². The largest absolute Gasteiger partial charge is 0.489 e. The Morgan fingerprint density at radius 3 is 2.94 bits per heavy atom. The fraction of sp³-hybridized carbons (Fsp3) is 0.500. The van der Waals surface area contributed by atoms with Gasteiger partial charge in [-0.05, 0) is 31.0 Å². The predicted octanol–water partition coefficient (Wildman–Crippen LogP) is 1.97. The van der Waals surface area contributed by atoms with Crippen molar-refractivity contribution in [1.29, 1.82) is 0 Å². The van der Waals surface area contributed by atoms with Crippen LogP contribution in [0.15, 0.2) is 18.2 Å². The van der Waals surface area contributed by atoms with Crippen molar-refractivity contribution in [3.8, 4) is 5.75 Å². The van der Waals surface area contributed by atoms with Crippen LogP contribution >= 0.6 is 11.6 Å². The quantitative estimate of drug-likeness (QED) is 0.821. The second-order valence-corrected chi connectivity index (χ2v) is 4.63. The Kier molecular flexibility index (Phi) is 4.20. The molecule has 0 aliphatic heterocycles. The SMILES string of the molecule is OC(CNC1CC1)COc1ccc(F)cc1Cl. The van der Waals surface area contributed by atoms with E-state index in [2.05, 4.69) is 5.32 Å². The van der Waals surface area contributed by atoms with Crippen molar-refractivity contribution < 1.29 is 14.2 Å². The van der Waals surface area contributed by atoms with Crippen molar-refractivity contribution in [3.63, 3.8) is 0 Å². The zero-order valence-corrected chi connectivity index (χ0v) is 10.1. The average Bonchev–Trinajstić information content (AvgIpc) is 3.09. The Morgan fingerprint density at radius 2 is 2.29 bits per heavy atom. The van der Waals surface area contributed by atoms with E-state index in [-0.39, 0.29) is 11.6 Å². The molecule has 1 aliphatic carbocycles. The van der Waals surface area contributed by atoms with Gasteiger partial charge in [-0.25, -0.2) is 4.39 Å². The fourth-order valence-electron chi connectivity index (χ4n) is 1.43. The summed E-state index contributed by atoms with van der Waals surface area (Å²) in [5.41, 5.74) is 0. The second-order valence-electron chi connectivity index (χ2n) is 4.22. The third-order valence-corrected chi connectivity index (χ3v) is 2.84. The topological polar surface area (TPSA) is 41.5 Å². The molecule has 0 radical (unpaired) electrons. The Bertz CT molecular complexity index is 385. The van der Waals surface area contributed by atoms with E-state index in [4.69, 9.17) is 16.3 Å². The first-order valence-corrected chi connectivity index (χ1v) is 6.02. The summed E-state index contributed by atoms with van der Waals surface area (Å²) < 4.78 is 18.1. The van der Waals surface area contributed by atoms with Crippen molar-refractivity contribution in [1.82, 2.24) is 5.32 Å². The van der Waals surface area contributed by atoms with E-state index in [1.807, 2.05) is 0 Å². The Balaban J connectivity index is 1.75. The summed E-state index contributed by atoms with van der Waals surface area (Å²) in [6.07, 6.45) is 1.77. The Labute approximate surface area is 105 Å². The molecule has 17 heavy (non-hydrogen) atoms. The maximum Gasteiger partial charge on any atom is 0.138 e. The first-order chi connectivity index (χ1) is 8.15. The molecule has 5 heteroatoms.